The monoisotopic (exact) mass is 342 g/mol. The largest absolute Gasteiger partial charge is 0.508 e. The Balaban J connectivity index is 1.79. The third kappa shape index (κ3) is 1.81. The summed E-state index contributed by atoms with van der Waals surface area (Å²) in [6.07, 6.45) is -0.452. The first kappa shape index (κ1) is 16.1. The lowest BCUT2D eigenvalue weighted by atomic mass is 9.67. The highest BCUT2D eigenvalue weighted by Crippen LogP contribution is 2.61. The van der Waals surface area contributed by atoms with E-state index in [1.54, 1.807) is 19.9 Å². The van der Waals surface area contributed by atoms with Crippen molar-refractivity contribution < 1.29 is 24.2 Å². The molecule has 4 rings (SSSR count). The number of aliphatic hydroxyl groups is 1. The van der Waals surface area contributed by atoms with Crippen molar-refractivity contribution in [1.82, 2.24) is 0 Å². The van der Waals surface area contributed by atoms with Crippen LogP contribution in [-0.2, 0) is 14.3 Å². The molecule has 3 heterocycles. The number of methoxy groups -OCH3 is 1. The average molecular weight is 342 g/mol. The second kappa shape index (κ2) is 4.81. The molecule has 1 aromatic rings. The van der Waals surface area contributed by atoms with Crippen LogP contribution in [0.2, 0.25) is 0 Å². The van der Waals surface area contributed by atoms with E-state index in [1.807, 2.05) is 0 Å². The molecule has 3 aliphatic heterocycles. The number of fused-ring (bicyclic) bond motifs is 5. The van der Waals surface area contributed by atoms with Gasteiger partial charge in [0.25, 0.3) is 0 Å². The van der Waals surface area contributed by atoms with E-state index in [4.69, 9.17) is 16.0 Å². The summed E-state index contributed by atoms with van der Waals surface area (Å²) in [6.45, 7) is 10.6. The van der Waals surface area contributed by atoms with Gasteiger partial charge in [-0.15, -0.1) is 0 Å². The summed E-state index contributed by atoms with van der Waals surface area (Å²) < 4.78 is 11.1. The highest BCUT2D eigenvalue weighted by Gasteiger charge is 2.75. The molecule has 2 unspecified atom stereocenters. The summed E-state index contributed by atoms with van der Waals surface area (Å²) in [7, 11) is 1.43. The Morgan fingerprint density at radius 2 is 2.00 bits per heavy atom. The summed E-state index contributed by atoms with van der Waals surface area (Å²) in [5.74, 6) is -1.72. The van der Waals surface area contributed by atoms with E-state index in [2.05, 4.69) is 4.85 Å². The third-order valence-electron chi connectivity index (χ3n) is 5.84. The SMILES string of the molecule is [C-]#[N+]c1ccc(N2C(=O)[C@@H]3[C@H](C2=O)C2(C)C[C@H](O)C3(C)O2)cc1OC. The van der Waals surface area contributed by atoms with Crippen molar-refractivity contribution in [3.63, 3.8) is 0 Å². The molecule has 2 bridgehead atoms. The van der Waals surface area contributed by atoms with Crippen molar-refractivity contribution in [2.24, 2.45) is 11.8 Å². The molecular weight excluding hydrogens is 324 g/mol. The van der Waals surface area contributed by atoms with Gasteiger partial charge >= 0.3 is 0 Å². The molecule has 0 spiro atoms. The van der Waals surface area contributed by atoms with Crippen LogP contribution >= 0.6 is 0 Å². The topological polar surface area (TPSA) is 80.4 Å². The van der Waals surface area contributed by atoms with Crippen molar-refractivity contribution >= 4 is 23.2 Å². The minimum absolute atomic E-state index is 0.307. The van der Waals surface area contributed by atoms with Gasteiger partial charge in [-0.2, -0.15) is 0 Å². The molecule has 7 nitrogen and oxygen atoms in total. The fraction of sp³-hybridized carbons (Fsp3) is 0.500. The van der Waals surface area contributed by atoms with E-state index in [1.165, 1.54) is 19.2 Å². The second-order valence-corrected chi connectivity index (χ2v) is 7.25. The van der Waals surface area contributed by atoms with Crippen molar-refractivity contribution in [2.45, 2.75) is 37.6 Å². The number of hydrogen-bond donors (Lipinski definition) is 1. The molecule has 0 saturated carbocycles. The van der Waals surface area contributed by atoms with Gasteiger partial charge in [0.05, 0.1) is 42.9 Å². The number of hydrogen-bond acceptors (Lipinski definition) is 5. The van der Waals surface area contributed by atoms with Crippen LogP contribution in [0.3, 0.4) is 0 Å². The van der Waals surface area contributed by atoms with Gasteiger partial charge in [-0.25, -0.2) is 9.74 Å². The van der Waals surface area contributed by atoms with Crippen LogP contribution < -0.4 is 9.64 Å². The van der Waals surface area contributed by atoms with Gasteiger partial charge in [-0.1, -0.05) is 6.07 Å². The highest BCUT2D eigenvalue weighted by atomic mass is 16.6. The molecule has 130 valence electrons. The first-order chi connectivity index (χ1) is 11.8. The number of aliphatic hydroxyl groups excluding tert-OH is 1. The van der Waals surface area contributed by atoms with Crippen LogP contribution in [0, 0.1) is 18.4 Å². The molecule has 25 heavy (non-hydrogen) atoms. The van der Waals surface area contributed by atoms with Crippen molar-refractivity contribution in [3.05, 3.63) is 29.6 Å². The predicted molar refractivity (Wildman–Crippen MR) is 87.2 cm³/mol. The molecule has 3 aliphatic rings. The maximum atomic E-state index is 13.0. The van der Waals surface area contributed by atoms with E-state index in [0.717, 1.165) is 4.90 Å². The van der Waals surface area contributed by atoms with E-state index < -0.39 is 29.1 Å². The number of amides is 2. The number of rotatable bonds is 2. The zero-order valence-corrected chi connectivity index (χ0v) is 14.1. The lowest BCUT2D eigenvalue weighted by Gasteiger charge is -2.31. The van der Waals surface area contributed by atoms with Gasteiger partial charge in [-0.3, -0.25) is 9.59 Å². The molecule has 7 heteroatoms. The second-order valence-electron chi connectivity index (χ2n) is 7.25. The maximum Gasteiger partial charge on any atom is 0.240 e. The van der Waals surface area contributed by atoms with Crippen LogP contribution in [0.5, 0.6) is 5.75 Å². The number of ether oxygens (including phenoxy) is 2. The van der Waals surface area contributed by atoms with Gasteiger partial charge in [0.1, 0.15) is 11.4 Å². The van der Waals surface area contributed by atoms with Crippen LogP contribution in [0.4, 0.5) is 11.4 Å². The Kier molecular flexibility index (Phi) is 3.09. The van der Waals surface area contributed by atoms with Crippen LogP contribution in [0.1, 0.15) is 20.3 Å². The Labute approximate surface area is 144 Å². The molecule has 0 aliphatic carbocycles. The number of carbonyl (C=O) groups excluding carboxylic acids is 2. The van der Waals surface area contributed by atoms with Crippen molar-refractivity contribution in [1.29, 1.82) is 0 Å². The Bertz CT molecular complexity index is 846. The lowest BCUT2D eigenvalue weighted by molar-refractivity contribution is -0.132. The molecule has 1 N–H and O–H groups in total. The van der Waals surface area contributed by atoms with E-state index in [-0.39, 0.29) is 11.8 Å². The van der Waals surface area contributed by atoms with E-state index >= 15 is 0 Å². The number of carbonyl (C=O) groups is 2. The Hall–Kier alpha value is -2.43. The van der Waals surface area contributed by atoms with E-state index in [9.17, 15) is 14.7 Å². The summed E-state index contributed by atoms with van der Waals surface area (Å²) in [4.78, 5) is 30.6. The molecule has 0 radical (unpaired) electrons. The van der Waals surface area contributed by atoms with Gasteiger partial charge in [-0.05, 0) is 26.0 Å². The minimum Gasteiger partial charge on any atom is -0.508 e. The highest BCUT2D eigenvalue weighted by molar-refractivity contribution is 6.23. The molecule has 1 aromatic carbocycles. The molecule has 5 atom stereocenters. The summed E-state index contributed by atoms with van der Waals surface area (Å²) in [5.41, 5.74) is -1.22. The number of imide groups is 1. The lowest BCUT2D eigenvalue weighted by Crippen LogP contribution is -2.49. The van der Waals surface area contributed by atoms with Crippen molar-refractivity contribution in [2.75, 3.05) is 12.0 Å². The quantitative estimate of drug-likeness (QED) is 0.653. The maximum absolute atomic E-state index is 13.0. The average Bonchev–Trinajstić information content (AvgIpc) is 3.08. The molecule has 3 fully saturated rings. The van der Waals surface area contributed by atoms with Crippen molar-refractivity contribution in [3.8, 4) is 5.75 Å². The normalized spacial score (nSPS) is 38.8. The molecule has 2 amide bonds. The van der Waals surface area contributed by atoms with Gasteiger partial charge in [0.2, 0.25) is 17.5 Å². The third-order valence-corrected chi connectivity index (χ3v) is 5.84. The van der Waals surface area contributed by atoms with Crippen LogP contribution in [-0.4, -0.2) is 41.3 Å². The first-order valence-corrected chi connectivity index (χ1v) is 8.08. The summed E-state index contributed by atoms with van der Waals surface area (Å²) in [5, 5.41) is 10.3. The first-order valence-electron chi connectivity index (χ1n) is 8.08. The number of anilines is 1. The Morgan fingerprint density at radius 3 is 2.64 bits per heavy atom. The standard InChI is InChI=1S/C18H18N2O5/c1-17-8-12(21)18(2,25-17)14-13(17)15(22)20(16(14)23)9-5-6-10(19-3)11(7-9)24-4/h5-7,12-14,21H,8H2,1-2,4H3/t12-,13+,14-,17?,18?/m0/s1. The van der Waals surface area contributed by atoms with Gasteiger partial charge < -0.3 is 14.6 Å². The molecule has 0 aromatic heterocycles. The van der Waals surface area contributed by atoms with Crippen LogP contribution in [0.25, 0.3) is 4.85 Å². The zero-order valence-electron chi connectivity index (χ0n) is 14.1. The zero-order chi connectivity index (χ0) is 18.1. The Morgan fingerprint density at radius 1 is 1.32 bits per heavy atom. The fourth-order valence-corrected chi connectivity index (χ4v) is 4.67. The molecule has 3 saturated heterocycles. The fourth-order valence-electron chi connectivity index (χ4n) is 4.67. The number of benzene rings is 1. The van der Waals surface area contributed by atoms with E-state index in [0.29, 0.717) is 23.5 Å². The predicted octanol–water partition coefficient (Wildman–Crippen LogP) is 1.66. The van der Waals surface area contributed by atoms with Gasteiger partial charge in [0.15, 0.2) is 0 Å². The number of nitrogens with zero attached hydrogens (tertiary/aromatic N) is 2. The van der Waals surface area contributed by atoms with Crippen LogP contribution in [0.15, 0.2) is 18.2 Å². The molecular formula is C18H18N2O5. The smallest absolute Gasteiger partial charge is 0.240 e. The minimum atomic E-state index is -1.05. The summed E-state index contributed by atoms with van der Waals surface area (Å²) in [6, 6.07) is 4.61. The van der Waals surface area contributed by atoms with Gasteiger partial charge in [0, 0.05) is 6.42 Å². The summed E-state index contributed by atoms with van der Waals surface area (Å²) >= 11 is 0.